The normalized spacial score (nSPS) is 15.0. The molecular weight excluding hydrogens is 398 g/mol. The molecule has 1 amide bonds. The number of phenols is 1. The molecule has 0 saturated carbocycles. The molecule has 0 atom stereocenters. The molecule has 28 heavy (non-hydrogen) atoms. The first-order valence-electron chi connectivity index (χ1n) is 8.82. The number of benzene rings is 1. The predicted octanol–water partition coefficient (Wildman–Crippen LogP) is 3.28. The maximum Gasteiger partial charge on any atom is 0.267 e. The first kappa shape index (κ1) is 18.7. The minimum absolute atomic E-state index is 0.0549. The Hall–Kier alpha value is -2.62. The lowest BCUT2D eigenvalue weighted by atomic mass is 10.2. The Morgan fingerprint density at radius 2 is 1.82 bits per heavy atom. The molecule has 3 heterocycles. The van der Waals surface area contributed by atoms with Crippen molar-refractivity contribution >= 4 is 33.0 Å². The standard InChI is InChI=1S/C19H19N3O4S2/c23-17-6-5-14(28(25,26)22-10-3-4-11-22)13-15(17)20-19(24)18-16(7-12-27-18)21-8-1-2-9-21/h1-2,5-9,12-13,23H,3-4,10-11H2,(H,20,24). The zero-order valence-corrected chi connectivity index (χ0v) is 16.5. The monoisotopic (exact) mass is 417 g/mol. The van der Waals surface area contributed by atoms with E-state index in [-0.39, 0.29) is 16.3 Å². The molecule has 1 saturated heterocycles. The van der Waals surface area contributed by atoms with Crippen molar-refractivity contribution in [1.82, 2.24) is 8.87 Å². The van der Waals surface area contributed by atoms with Gasteiger partial charge in [0.15, 0.2) is 0 Å². The number of nitrogens with zero attached hydrogens (tertiary/aromatic N) is 2. The van der Waals surface area contributed by atoms with E-state index < -0.39 is 15.9 Å². The molecule has 146 valence electrons. The molecule has 0 unspecified atom stereocenters. The summed E-state index contributed by atoms with van der Waals surface area (Å²) in [6.45, 7) is 0.973. The van der Waals surface area contributed by atoms with Crippen molar-refractivity contribution in [2.75, 3.05) is 18.4 Å². The van der Waals surface area contributed by atoms with E-state index in [2.05, 4.69) is 5.32 Å². The van der Waals surface area contributed by atoms with Crippen LogP contribution in [0.4, 0.5) is 5.69 Å². The number of nitrogens with one attached hydrogen (secondary N) is 1. The van der Waals surface area contributed by atoms with Crippen LogP contribution in [0.25, 0.3) is 5.69 Å². The van der Waals surface area contributed by atoms with E-state index in [9.17, 15) is 18.3 Å². The number of rotatable bonds is 5. The predicted molar refractivity (Wildman–Crippen MR) is 108 cm³/mol. The quantitative estimate of drug-likeness (QED) is 0.623. The minimum Gasteiger partial charge on any atom is -0.506 e. The third-order valence-corrected chi connectivity index (χ3v) is 7.45. The molecule has 1 aliphatic heterocycles. The summed E-state index contributed by atoms with van der Waals surface area (Å²) in [5.41, 5.74) is 0.782. The largest absolute Gasteiger partial charge is 0.506 e. The number of amides is 1. The van der Waals surface area contributed by atoms with Crippen molar-refractivity contribution < 1.29 is 18.3 Å². The van der Waals surface area contributed by atoms with Gasteiger partial charge in [-0.25, -0.2) is 8.42 Å². The Kier molecular flexibility index (Phi) is 4.96. The lowest BCUT2D eigenvalue weighted by molar-refractivity contribution is 0.103. The number of carbonyl (C=O) groups excluding carboxylic acids is 1. The Labute approximate surface area is 166 Å². The van der Waals surface area contributed by atoms with Gasteiger partial charge in [0.05, 0.1) is 16.3 Å². The molecule has 4 rings (SSSR count). The average molecular weight is 418 g/mol. The van der Waals surface area contributed by atoms with Crippen molar-refractivity contribution in [2.24, 2.45) is 0 Å². The van der Waals surface area contributed by atoms with E-state index in [1.54, 1.807) is 5.38 Å². The van der Waals surface area contributed by atoms with Gasteiger partial charge in [0.1, 0.15) is 10.6 Å². The van der Waals surface area contributed by atoms with Crippen LogP contribution in [0.1, 0.15) is 22.5 Å². The van der Waals surface area contributed by atoms with Gasteiger partial charge in [-0.1, -0.05) is 0 Å². The SMILES string of the molecule is O=C(Nc1cc(S(=O)(=O)N2CCCC2)ccc1O)c1sccc1-n1cccc1. The fourth-order valence-corrected chi connectivity index (χ4v) is 5.53. The number of hydrogen-bond acceptors (Lipinski definition) is 5. The third-order valence-electron chi connectivity index (χ3n) is 4.65. The van der Waals surface area contributed by atoms with Crippen LogP contribution in [0.3, 0.4) is 0 Å². The van der Waals surface area contributed by atoms with Gasteiger partial charge in [-0.3, -0.25) is 4.79 Å². The number of aromatic hydroxyl groups is 1. The molecule has 0 spiro atoms. The van der Waals surface area contributed by atoms with Crippen molar-refractivity contribution in [1.29, 1.82) is 0 Å². The summed E-state index contributed by atoms with van der Waals surface area (Å²) < 4.78 is 28.7. The van der Waals surface area contributed by atoms with Crippen LogP contribution in [0.2, 0.25) is 0 Å². The van der Waals surface area contributed by atoms with E-state index in [0.717, 1.165) is 12.8 Å². The lowest BCUT2D eigenvalue weighted by Gasteiger charge is -2.16. The summed E-state index contributed by atoms with van der Waals surface area (Å²) >= 11 is 1.27. The highest BCUT2D eigenvalue weighted by atomic mass is 32.2. The third kappa shape index (κ3) is 3.44. The molecule has 2 N–H and O–H groups in total. The number of hydrogen-bond donors (Lipinski definition) is 2. The number of thiophene rings is 1. The Morgan fingerprint density at radius 1 is 1.11 bits per heavy atom. The van der Waals surface area contributed by atoms with E-state index in [4.69, 9.17) is 0 Å². The highest BCUT2D eigenvalue weighted by molar-refractivity contribution is 7.89. The van der Waals surface area contributed by atoms with E-state index >= 15 is 0 Å². The number of anilines is 1. The number of carbonyl (C=O) groups is 1. The average Bonchev–Trinajstić information content (AvgIpc) is 3.43. The highest BCUT2D eigenvalue weighted by Gasteiger charge is 2.28. The van der Waals surface area contributed by atoms with Gasteiger partial charge in [0.2, 0.25) is 10.0 Å². The Bertz CT molecular complexity index is 1100. The van der Waals surface area contributed by atoms with E-state index in [1.165, 1.54) is 33.8 Å². The topological polar surface area (TPSA) is 91.6 Å². The lowest BCUT2D eigenvalue weighted by Crippen LogP contribution is -2.28. The molecule has 1 aromatic carbocycles. The molecular formula is C19H19N3O4S2. The van der Waals surface area contributed by atoms with Crippen molar-refractivity contribution in [3.8, 4) is 11.4 Å². The van der Waals surface area contributed by atoms with Gasteiger partial charge >= 0.3 is 0 Å². The Balaban J connectivity index is 1.62. The highest BCUT2D eigenvalue weighted by Crippen LogP contribution is 2.31. The summed E-state index contributed by atoms with van der Waals surface area (Å²) in [6.07, 6.45) is 5.34. The maximum atomic E-state index is 12.8. The number of aromatic nitrogens is 1. The summed E-state index contributed by atoms with van der Waals surface area (Å²) in [7, 11) is -3.64. The van der Waals surface area contributed by atoms with Crippen LogP contribution in [-0.2, 0) is 10.0 Å². The molecule has 7 nitrogen and oxygen atoms in total. The van der Waals surface area contributed by atoms with Gasteiger partial charge < -0.3 is 15.0 Å². The van der Waals surface area contributed by atoms with Crippen LogP contribution >= 0.6 is 11.3 Å². The summed E-state index contributed by atoms with van der Waals surface area (Å²) in [4.78, 5) is 13.3. The van der Waals surface area contributed by atoms with Gasteiger partial charge in [0.25, 0.3) is 5.91 Å². The smallest absolute Gasteiger partial charge is 0.267 e. The minimum atomic E-state index is -3.64. The van der Waals surface area contributed by atoms with Gasteiger partial charge in [-0.05, 0) is 54.6 Å². The molecule has 2 aromatic heterocycles. The van der Waals surface area contributed by atoms with Crippen molar-refractivity contribution in [3.05, 3.63) is 59.0 Å². The molecule has 1 fully saturated rings. The maximum absolute atomic E-state index is 12.8. The van der Waals surface area contributed by atoms with Gasteiger partial charge in [-0.2, -0.15) is 4.31 Å². The van der Waals surface area contributed by atoms with E-state index in [0.29, 0.717) is 23.7 Å². The first-order valence-corrected chi connectivity index (χ1v) is 11.1. The van der Waals surface area contributed by atoms with E-state index in [1.807, 2.05) is 35.2 Å². The van der Waals surface area contributed by atoms with Crippen LogP contribution in [-0.4, -0.2) is 41.4 Å². The summed E-state index contributed by atoms with van der Waals surface area (Å²) in [5.74, 6) is -0.600. The van der Waals surface area contributed by atoms with Crippen LogP contribution < -0.4 is 5.32 Å². The molecule has 0 bridgehead atoms. The van der Waals surface area contributed by atoms with Crippen molar-refractivity contribution in [2.45, 2.75) is 17.7 Å². The molecule has 0 aliphatic carbocycles. The Morgan fingerprint density at radius 3 is 2.54 bits per heavy atom. The van der Waals surface area contributed by atoms with Crippen LogP contribution in [0.5, 0.6) is 5.75 Å². The second kappa shape index (κ2) is 7.42. The number of sulfonamides is 1. The zero-order valence-electron chi connectivity index (χ0n) is 14.9. The van der Waals surface area contributed by atoms with Gasteiger partial charge in [-0.15, -0.1) is 11.3 Å². The fraction of sp³-hybridized carbons (Fsp3) is 0.211. The summed E-state index contributed by atoms with van der Waals surface area (Å²) in [6, 6.07) is 9.50. The number of phenolic OH excluding ortho intramolecular Hbond substituents is 1. The van der Waals surface area contributed by atoms with Crippen LogP contribution in [0.15, 0.2) is 59.1 Å². The fourth-order valence-electron chi connectivity index (χ4n) is 3.20. The second-order valence-corrected chi connectivity index (χ2v) is 9.32. The first-order chi connectivity index (χ1) is 13.5. The van der Waals surface area contributed by atoms with Gasteiger partial charge in [0, 0.05) is 25.5 Å². The molecule has 3 aromatic rings. The molecule has 1 aliphatic rings. The van der Waals surface area contributed by atoms with Crippen LogP contribution in [0, 0.1) is 0 Å². The molecule has 0 radical (unpaired) electrons. The second-order valence-electron chi connectivity index (χ2n) is 6.47. The molecule has 9 heteroatoms. The van der Waals surface area contributed by atoms with Crippen molar-refractivity contribution in [3.63, 3.8) is 0 Å². The summed E-state index contributed by atoms with van der Waals surface area (Å²) in [5, 5.41) is 14.6. The zero-order chi connectivity index (χ0) is 19.7.